The fourth-order valence-electron chi connectivity index (χ4n) is 2.53. The van der Waals surface area contributed by atoms with Crippen LogP contribution >= 0.6 is 0 Å². The molecule has 2 aromatic carbocycles. The van der Waals surface area contributed by atoms with E-state index < -0.39 is 0 Å². The molecule has 134 valence electrons. The van der Waals surface area contributed by atoms with Gasteiger partial charge in [-0.1, -0.05) is 18.2 Å². The summed E-state index contributed by atoms with van der Waals surface area (Å²) in [5, 5.41) is 2.89. The Labute approximate surface area is 147 Å². The molecule has 2 aromatic rings. The number of hydrogen-bond acceptors (Lipinski definition) is 5. The number of carbonyl (C=O) groups excluding carboxylic acids is 1. The van der Waals surface area contributed by atoms with Crippen LogP contribution in [0.3, 0.4) is 0 Å². The molecule has 0 aliphatic rings. The lowest BCUT2D eigenvalue weighted by atomic mass is 10.1. The van der Waals surface area contributed by atoms with Crippen LogP contribution in [-0.2, 0) is 17.8 Å². The number of ether oxygens (including phenoxy) is 4. The van der Waals surface area contributed by atoms with Crippen molar-refractivity contribution in [2.24, 2.45) is 0 Å². The molecule has 0 bridgehead atoms. The smallest absolute Gasteiger partial charge is 0.224 e. The van der Waals surface area contributed by atoms with E-state index in [0.717, 1.165) is 16.9 Å². The van der Waals surface area contributed by atoms with E-state index in [4.69, 9.17) is 18.9 Å². The van der Waals surface area contributed by atoms with Crippen molar-refractivity contribution in [3.63, 3.8) is 0 Å². The van der Waals surface area contributed by atoms with Gasteiger partial charge in [0.05, 0.1) is 34.9 Å². The molecule has 6 nitrogen and oxygen atoms in total. The number of benzene rings is 2. The molecule has 0 radical (unpaired) electrons. The van der Waals surface area contributed by atoms with Gasteiger partial charge in [0.15, 0.2) is 11.5 Å². The van der Waals surface area contributed by atoms with Crippen LogP contribution in [0, 0.1) is 0 Å². The second-order valence-electron chi connectivity index (χ2n) is 5.30. The Morgan fingerprint density at radius 1 is 0.880 bits per heavy atom. The van der Waals surface area contributed by atoms with E-state index in [1.807, 2.05) is 24.3 Å². The number of rotatable bonds is 8. The van der Waals surface area contributed by atoms with Gasteiger partial charge in [-0.3, -0.25) is 4.79 Å². The van der Waals surface area contributed by atoms with Crippen LogP contribution in [0.2, 0.25) is 0 Å². The van der Waals surface area contributed by atoms with Crippen molar-refractivity contribution in [2.45, 2.75) is 13.0 Å². The lowest BCUT2D eigenvalue weighted by molar-refractivity contribution is -0.120. The molecular formula is C19H23NO5. The molecule has 0 saturated heterocycles. The van der Waals surface area contributed by atoms with Crippen LogP contribution in [0.4, 0.5) is 0 Å². The summed E-state index contributed by atoms with van der Waals surface area (Å²) in [6, 6.07) is 11.1. The van der Waals surface area contributed by atoms with Crippen molar-refractivity contribution in [3.05, 3.63) is 47.5 Å². The molecule has 0 aliphatic heterocycles. The number of hydrogen-bond donors (Lipinski definition) is 1. The predicted octanol–water partition coefficient (Wildman–Crippen LogP) is 2.58. The normalized spacial score (nSPS) is 10.1. The van der Waals surface area contributed by atoms with Crippen LogP contribution in [0.1, 0.15) is 11.1 Å². The van der Waals surface area contributed by atoms with Gasteiger partial charge >= 0.3 is 0 Å². The van der Waals surface area contributed by atoms with Crippen molar-refractivity contribution < 1.29 is 23.7 Å². The van der Waals surface area contributed by atoms with Crippen LogP contribution in [0.25, 0.3) is 0 Å². The van der Waals surface area contributed by atoms with Crippen molar-refractivity contribution in [2.75, 3.05) is 28.4 Å². The van der Waals surface area contributed by atoms with Gasteiger partial charge in [0.25, 0.3) is 0 Å². The van der Waals surface area contributed by atoms with E-state index in [1.165, 1.54) is 0 Å². The SMILES string of the molecule is COc1ccccc1CNC(=O)Cc1cc(OC)c(OC)c(OC)c1. The number of nitrogens with one attached hydrogen (secondary N) is 1. The summed E-state index contributed by atoms with van der Waals surface area (Å²) in [6.45, 7) is 0.396. The number of para-hydroxylation sites is 1. The fourth-order valence-corrected chi connectivity index (χ4v) is 2.53. The van der Waals surface area contributed by atoms with Crippen LogP contribution in [0.15, 0.2) is 36.4 Å². The largest absolute Gasteiger partial charge is 0.496 e. The monoisotopic (exact) mass is 345 g/mol. The Hall–Kier alpha value is -2.89. The quantitative estimate of drug-likeness (QED) is 0.797. The van der Waals surface area contributed by atoms with Crippen molar-refractivity contribution >= 4 is 5.91 Å². The van der Waals surface area contributed by atoms with Gasteiger partial charge < -0.3 is 24.3 Å². The molecule has 0 aliphatic carbocycles. The van der Waals surface area contributed by atoms with Gasteiger partial charge in [-0.25, -0.2) is 0 Å². The molecule has 6 heteroatoms. The van der Waals surface area contributed by atoms with E-state index in [2.05, 4.69) is 5.32 Å². The van der Waals surface area contributed by atoms with Crippen LogP contribution in [-0.4, -0.2) is 34.3 Å². The van der Waals surface area contributed by atoms with Crippen molar-refractivity contribution in [1.82, 2.24) is 5.32 Å². The average Bonchev–Trinajstić information content (AvgIpc) is 2.65. The molecular weight excluding hydrogens is 322 g/mol. The summed E-state index contributed by atoms with van der Waals surface area (Å²) in [5.41, 5.74) is 1.69. The number of methoxy groups -OCH3 is 4. The third kappa shape index (κ3) is 4.56. The zero-order chi connectivity index (χ0) is 18.2. The first-order chi connectivity index (χ1) is 12.1. The van der Waals surface area contributed by atoms with Gasteiger partial charge in [0.2, 0.25) is 11.7 Å². The highest BCUT2D eigenvalue weighted by molar-refractivity contribution is 5.79. The Balaban J connectivity index is 2.07. The second kappa shape index (κ2) is 8.82. The lowest BCUT2D eigenvalue weighted by Gasteiger charge is -2.14. The fraction of sp³-hybridized carbons (Fsp3) is 0.316. The summed E-state index contributed by atoms with van der Waals surface area (Å²) >= 11 is 0. The molecule has 0 unspecified atom stereocenters. The highest BCUT2D eigenvalue weighted by Crippen LogP contribution is 2.38. The molecule has 1 amide bonds. The first kappa shape index (κ1) is 18.4. The van der Waals surface area contributed by atoms with Gasteiger partial charge in [0.1, 0.15) is 5.75 Å². The van der Waals surface area contributed by atoms with E-state index in [-0.39, 0.29) is 12.3 Å². The average molecular weight is 345 g/mol. The number of amides is 1. The summed E-state index contributed by atoms with van der Waals surface area (Å²) in [7, 11) is 6.24. The third-order valence-electron chi connectivity index (χ3n) is 3.76. The molecule has 25 heavy (non-hydrogen) atoms. The highest BCUT2D eigenvalue weighted by Gasteiger charge is 2.15. The summed E-state index contributed by atoms with van der Waals surface area (Å²) in [6.07, 6.45) is 0.200. The Morgan fingerprint density at radius 3 is 2.04 bits per heavy atom. The van der Waals surface area contributed by atoms with Gasteiger partial charge in [-0.2, -0.15) is 0 Å². The molecule has 0 spiro atoms. The molecule has 0 saturated carbocycles. The van der Waals surface area contributed by atoms with E-state index in [0.29, 0.717) is 23.8 Å². The maximum Gasteiger partial charge on any atom is 0.224 e. The first-order valence-corrected chi connectivity index (χ1v) is 7.80. The summed E-state index contributed by atoms with van der Waals surface area (Å²) < 4.78 is 21.2. The Morgan fingerprint density at radius 2 is 1.48 bits per heavy atom. The number of carbonyl (C=O) groups is 1. The third-order valence-corrected chi connectivity index (χ3v) is 3.76. The summed E-state index contributed by atoms with van der Waals surface area (Å²) in [4.78, 5) is 12.3. The maximum absolute atomic E-state index is 12.3. The maximum atomic E-state index is 12.3. The minimum Gasteiger partial charge on any atom is -0.496 e. The molecule has 0 fully saturated rings. The van der Waals surface area contributed by atoms with Crippen LogP contribution < -0.4 is 24.3 Å². The van der Waals surface area contributed by atoms with Gasteiger partial charge in [-0.05, 0) is 23.8 Å². The first-order valence-electron chi connectivity index (χ1n) is 7.80. The topological polar surface area (TPSA) is 66.0 Å². The summed E-state index contributed by atoms with van der Waals surface area (Å²) in [5.74, 6) is 2.18. The van der Waals surface area contributed by atoms with Gasteiger partial charge in [0, 0.05) is 12.1 Å². The second-order valence-corrected chi connectivity index (χ2v) is 5.30. The molecule has 2 rings (SSSR count). The molecule has 0 heterocycles. The molecule has 0 atom stereocenters. The zero-order valence-electron chi connectivity index (χ0n) is 14.9. The standard InChI is InChI=1S/C19H23NO5/c1-22-15-8-6-5-7-14(15)12-20-18(21)11-13-9-16(23-2)19(25-4)17(10-13)24-3/h5-10H,11-12H2,1-4H3,(H,20,21). The molecule has 0 aromatic heterocycles. The van der Waals surface area contributed by atoms with E-state index >= 15 is 0 Å². The van der Waals surface area contributed by atoms with E-state index in [9.17, 15) is 4.79 Å². The highest BCUT2D eigenvalue weighted by atomic mass is 16.5. The molecule has 1 N–H and O–H groups in total. The van der Waals surface area contributed by atoms with Crippen LogP contribution in [0.5, 0.6) is 23.0 Å². The zero-order valence-corrected chi connectivity index (χ0v) is 14.9. The lowest BCUT2D eigenvalue weighted by Crippen LogP contribution is -2.24. The van der Waals surface area contributed by atoms with Gasteiger partial charge in [-0.15, -0.1) is 0 Å². The van der Waals surface area contributed by atoms with Crippen molar-refractivity contribution in [3.8, 4) is 23.0 Å². The van der Waals surface area contributed by atoms with Crippen molar-refractivity contribution in [1.29, 1.82) is 0 Å². The predicted molar refractivity (Wildman–Crippen MR) is 94.6 cm³/mol. The Bertz CT molecular complexity index is 704. The van der Waals surface area contributed by atoms with E-state index in [1.54, 1.807) is 40.6 Å². The minimum absolute atomic E-state index is 0.111. The Kier molecular flexibility index (Phi) is 6.51. The minimum atomic E-state index is -0.111.